The summed E-state index contributed by atoms with van der Waals surface area (Å²) in [6.07, 6.45) is 0. The van der Waals surface area contributed by atoms with Crippen LogP contribution in [0.1, 0.15) is 18.1 Å². The maximum absolute atomic E-state index is 8.83. The minimum Gasteiger partial charge on any atom is -0.494 e. The number of nitrogens with zero attached hydrogens (tertiary/aromatic N) is 1. The highest BCUT2D eigenvalue weighted by Crippen LogP contribution is 2.29. The van der Waals surface area contributed by atoms with Gasteiger partial charge in [-0.05, 0) is 36.8 Å². The van der Waals surface area contributed by atoms with Crippen LogP contribution >= 0.6 is 0 Å². The number of hydrogen-bond acceptors (Lipinski definition) is 5. The summed E-state index contributed by atoms with van der Waals surface area (Å²) in [7, 11) is 0. The molecule has 7 heteroatoms. The predicted octanol–water partition coefficient (Wildman–Crippen LogP) is 4.55. The third-order valence-corrected chi connectivity index (χ3v) is 4.31. The van der Waals surface area contributed by atoms with Gasteiger partial charge in [-0.15, -0.1) is 0 Å². The zero-order valence-corrected chi connectivity index (χ0v) is 17.4. The minimum absolute atomic E-state index is 0.0740. The van der Waals surface area contributed by atoms with E-state index in [1.54, 1.807) is 24.3 Å². The molecule has 3 N–H and O–H groups in total. The summed E-state index contributed by atoms with van der Waals surface area (Å²) < 4.78 is 17.2. The van der Waals surface area contributed by atoms with Crippen LogP contribution in [0.2, 0.25) is 0 Å². The van der Waals surface area contributed by atoms with Crippen LogP contribution in [0.5, 0.6) is 11.5 Å². The molecule has 0 fully saturated rings. The number of nitrogens with one attached hydrogen (secondary N) is 2. The van der Waals surface area contributed by atoms with Crippen molar-refractivity contribution in [1.29, 1.82) is 5.41 Å². The fourth-order valence-corrected chi connectivity index (χ4v) is 2.85. The van der Waals surface area contributed by atoms with Crippen LogP contribution in [0.15, 0.2) is 72.8 Å². The van der Waals surface area contributed by atoms with Crippen molar-refractivity contribution < 1.29 is 19.4 Å². The van der Waals surface area contributed by atoms with Gasteiger partial charge in [0, 0.05) is 23.8 Å². The molecule has 0 saturated carbocycles. The molecule has 161 valence electrons. The van der Waals surface area contributed by atoms with Crippen LogP contribution in [0.3, 0.4) is 0 Å². The van der Waals surface area contributed by atoms with Crippen molar-refractivity contribution in [3.05, 3.63) is 83.9 Å². The Hall–Kier alpha value is -3.55. The maximum atomic E-state index is 8.83. The zero-order valence-electron chi connectivity index (χ0n) is 17.4. The van der Waals surface area contributed by atoms with Gasteiger partial charge in [0.1, 0.15) is 23.9 Å². The van der Waals surface area contributed by atoms with Gasteiger partial charge >= 0.3 is 0 Å². The molecule has 3 aromatic rings. The highest BCUT2D eigenvalue weighted by molar-refractivity contribution is 5.95. The van der Waals surface area contributed by atoms with E-state index in [1.807, 2.05) is 60.9 Å². The summed E-state index contributed by atoms with van der Waals surface area (Å²) in [5.41, 5.74) is 4.91. The van der Waals surface area contributed by atoms with Gasteiger partial charge in [0.25, 0.3) is 0 Å². The monoisotopic (exact) mass is 420 g/mol. The lowest BCUT2D eigenvalue weighted by Crippen LogP contribution is -2.18. The number of rotatable bonds is 11. The van der Waals surface area contributed by atoms with Crippen molar-refractivity contribution in [1.82, 2.24) is 10.8 Å². The molecule has 1 radical (unpaired) electrons. The molecule has 7 nitrogen and oxygen atoms in total. The fourth-order valence-electron chi connectivity index (χ4n) is 2.85. The zero-order chi connectivity index (χ0) is 21.9. The van der Waals surface area contributed by atoms with Crippen LogP contribution < -0.4 is 20.3 Å². The second-order valence-corrected chi connectivity index (χ2v) is 6.63. The molecule has 0 spiro atoms. The van der Waals surface area contributed by atoms with Gasteiger partial charge in [0.15, 0.2) is 0 Å². The van der Waals surface area contributed by atoms with E-state index in [0.717, 1.165) is 5.56 Å². The van der Waals surface area contributed by atoms with Gasteiger partial charge in [-0.1, -0.05) is 30.3 Å². The number of benzene rings is 3. The molecule has 0 saturated heterocycles. The van der Waals surface area contributed by atoms with Crippen molar-refractivity contribution in [2.24, 2.45) is 0 Å². The number of hydrogen-bond donors (Lipinski definition) is 3. The van der Waals surface area contributed by atoms with Crippen molar-refractivity contribution in [3.63, 3.8) is 0 Å². The SMILES string of the molecule is CCOc1cc([N]c2ccc(C(=N)NO)cc2)cc(OCCOCc2ccccc2)c1. The number of hydroxylamine groups is 1. The highest BCUT2D eigenvalue weighted by Gasteiger charge is 2.07. The lowest BCUT2D eigenvalue weighted by molar-refractivity contribution is 0.0888. The summed E-state index contributed by atoms with van der Waals surface area (Å²) in [6.45, 7) is 3.88. The third-order valence-electron chi connectivity index (χ3n) is 4.31. The Kier molecular flexibility index (Phi) is 8.28. The summed E-state index contributed by atoms with van der Waals surface area (Å²) in [5.74, 6) is 1.25. The van der Waals surface area contributed by atoms with E-state index in [9.17, 15) is 0 Å². The quantitative estimate of drug-likeness (QED) is 0.183. The minimum atomic E-state index is -0.0740. The molecule has 0 aromatic heterocycles. The first kappa shape index (κ1) is 22.1. The normalized spacial score (nSPS) is 10.4. The van der Waals surface area contributed by atoms with E-state index in [2.05, 4.69) is 5.32 Å². The van der Waals surface area contributed by atoms with Crippen LogP contribution in [0.25, 0.3) is 0 Å². The van der Waals surface area contributed by atoms with E-state index in [4.69, 9.17) is 24.8 Å². The largest absolute Gasteiger partial charge is 0.494 e. The Morgan fingerprint density at radius 3 is 2.29 bits per heavy atom. The van der Waals surface area contributed by atoms with Crippen LogP contribution in [0.4, 0.5) is 11.4 Å². The van der Waals surface area contributed by atoms with Crippen molar-refractivity contribution >= 4 is 17.2 Å². The lowest BCUT2D eigenvalue weighted by Gasteiger charge is -2.12. The van der Waals surface area contributed by atoms with E-state index in [-0.39, 0.29) is 5.84 Å². The Bertz CT molecular complexity index is 962. The second-order valence-electron chi connectivity index (χ2n) is 6.63. The highest BCUT2D eigenvalue weighted by atomic mass is 16.5. The molecule has 3 rings (SSSR count). The van der Waals surface area contributed by atoms with Crippen molar-refractivity contribution in [2.75, 3.05) is 19.8 Å². The molecule has 0 aliphatic carbocycles. The van der Waals surface area contributed by atoms with Crippen molar-refractivity contribution in [2.45, 2.75) is 13.5 Å². The summed E-state index contributed by atoms with van der Waals surface area (Å²) >= 11 is 0. The van der Waals surface area contributed by atoms with E-state index in [0.29, 0.717) is 54.9 Å². The van der Waals surface area contributed by atoms with E-state index < -0.39 is 0 Å². The lowest BCUT2D eigenvalue weighted by atomic mass is 10.2. The van der Waals surface area contributed by atoms with Gasteiger partial charge in [0.2, 0.25) is 0 Å². The van der Waals surface area contributed by atoms with Gasteiger partial charge in [-0.25, -0.2) is 5.32 Å². The van der Waals surface area contributed by atoms with Crippen LogP contribution in [-0.4, -0.2) is 30.9 Å². The number of amidine groups is 1. The molecule has 3 aromatic carbocycles. The molecule has 31 heavy (non-hydrogen) atoms. The topological polar surface area (TPSA) is 97.9 Å². The third kappa shape index (κ3) is 7.02. The summed E-state index contributed by atoms with van der Waals surface area (Å²) in [6, 6.07) is 22.5. The molecular weight excluding hydrogens is 394 g/mol. The Balaban J connectivity index is 1.58. The summed E-state index contributed by atoms with van der Waals surface area (Å²) in [4.78, 5) is 0. The molecule has 0 amide bonds. The molecule has 0 unspecified atom stereocenters. The average Bonchev–Trinajstić information content (AvgIpc) is 2.80. The summed E-state index contributed by atoms with van der Waals surface area (Å²) in [5, 5.41) is 21.0. The predicted molar refractivity (Wildman–Crippen MR) is 119 cm³/mol. The Morgan fingerprint density at radius 1 is 0.903 bits per heavy atom. The Labute approximate surface area is 182 Å². The van der Waals surface area contributed by atoms with Crippen LogP contribution in [0, 0.1) is 5.41 Å². The van der Waals surface area contributed by atoms with Gasteiger partial charge < -0.3 is 14.2 Å². The van der Waals surface area contributed by atoms with Crippen LogP contribution in [-0.2, 0) is 11.3 Å². The number of ether oxygens (including phenoxy) is 3. The van der Waals surface area contributed by atoms with Crippen molar-refractivity contribution in [3.8, 4) is 11.5 Å². The first-order valence-electron chi connectivity index (χ1n) is 10.0. The molecule has 0 heterocycles. The van der Waals surface area contributed by atoms with E-state index >= 15 is 0 Å². The standard InChI is InChI=1S/C24H26N3O4/c1-2-30-22-14-21(26-20-10-8-19(9-11-20)24(25)27-28)15-23(16-22)31-13-12-29-17-18-6-4-3-5-7-18/h3-11,14-16,28H,2,12-13,17H2,1H3,(H2,25,27). The Morgan fingerprint density at radius 2 is 1.61 bits per heavy atom. The molecule has 0 bridgehead atoms. The molecule has 0 aliphatic heterocycles. The fraction of sp³-hybridized carbons (Fsp3) is 0.208. The second kappa shape index (κ2) is 11.6. The molecule has 0 aliphatic rings. The van der Waals surface area contributed by atoms with E-state index in [1.165, 1.54) is 0 Å². The molecule has 0 atom stereocenters. The first-order valence-corrected chi connectivity index (χ1v) is 10.0. The first-order chi connectivity index (χ1) is 15.2. The maximum Gasteiger partial charge on any atom is 0.149 e. The van der Waals surface area contributed by atoms with Gasteiger partial charge in [0.05, 0.1) is 31.2 Å². The average molecular weight is 420 g/mol. The van der Waals surface area contributed by atoms with Gasteiger partial charge in [-0.2, -0.15) is 0 Å². The molecular formula is C24H26N3O4. The smallest absolute Gasteiger partial charge is 0.149 e. The van der Waals surface area contributed by atoms with Gasteiger partial charge in [-0.3, -0.25) is 16.1 Å².